The maximum atomic E-state index is 10.2. The lowest BCUT2D eigenvalue weighted by Crippen LogP contribution is -2.02. The van der Waals surface area contributed by atoms with Gasteiger partial charge in [0.25, 0.3) is 0 Å². The second-order valence-electron chi connectivity index (χ2n) is 1.77. The van der Waals surface area contributed by atoms with Crippen LogP contribution in [0.15, 0.2) is 12.1 Å². The van der Waals surface area contributed by atoms with Gasteiger partial charge in [0.2, 0.25) is 0 Å². The van der Waals surface area contributed by atoms with Crippen molar-refractivity contribution in [3.05, 3.63) is 23.5 Å². The number of rotatable bonds is 2. The molecular formula is C6H4N2O3. The van der Waals surface area contributed by atoms with Crippen molar-refractivity contribution in [1.82, 2.24) is 10.2 Å². The molecule has 0 atom stereocenters. The lowest BCUT2D eigenvalue weighted by atomic mass is 10.3. The van der Waals surface area contributed by atoms with E-state index in [9.17, 15) is 9.59 Å². The second-order valence-corrected chi connectivity index (χ2v) is 1.77. The quantitative estimate of drug-likeness (QED) is 0.602. The van der Waals surface area contributed by atoms with E-state index in [0.717, 1.165) is 0 Å². The van der Waals surface area contributed by atoms with E-state index >= 15 is 0 Å². The largest absolute Gasteiger partial charge is 0.476 e. The highest BCUT2D eigenvalue weighted by Gasteiger charge is 2.03. The summed E-state index contributed by atoms with van der Waals surface area (Å²) in [7, 11) is 0. The Bertz CT molecular complexity index is 280. The minimum atomic E-state index is -1.16. The monoisotopic (exact) mass is 152 g/mol. The van der Waals surface area contributed by atoms with E-state index in [0.29, 0.717) is 6.29 Å². The van der Waals surface area contributed by atoms with Gasteiger partial charge in [0, 0.05) is 0 Å². The summed E-state index contributed by atoms with van der Waals surface area (Å²) in [6.45, 7) is 0. The molecule has 0 spiro atoms. The first-order valence-corrected chi connectivity index (χ1v) is 2.76. The summed E-state index contributed by atoms with van der Waals surface area (Å²) in [4.78, 5) is 20.2. The van der Waals surface area contributed by atoms with Crippen LogP contribution in [0.3, 0.4) is 0 Å². The SMILES string of the molecule is O=Cc1ccc(C(=O)O)nn1. The molecule has 0 aromatic carbocycles. The van der Waals surface area contributed by atoms with Gasteiger partial charge in [-0.15, -0.1) is 10.2 Å². The number of carbonyl (C=O) groups is 2. The highest BCUT2D eigenvalue weighted by Crippen LogP contribution is 1.93. The minimum Gasteiger partial charge on any atom is -0.476 e. The van der Waals surface area contributed by atoms with Crippen molar-refractivity contribution in [1.29, 1.82) is 0 Å². The minimum absolute atomic E-state index is 0.120. The summed E-state index contributed by atoms with van der Waals surface area (Å²) in [6, 6.07) is 2.52. The summed E-state index contributed by atoms with van der Waals surface area (Å²) in [5.41, 5.74) is -0.0504. The predicted octanol–water partition coefficient (Wildman–Crippen LogP) is -0.0127. The van der Waals surface area contributed by atoms with E-state index in [-0.39, 0.29) is 11.4 Å². The summed E-state index contributed by atoms with van der Waals surface area (Å²) in [5.74, 6) is -1.16. The van der Waals surface area contributed by atoms with Gasteiger partial charge in [0.1, 0.15) is 5.69 Å². The van der Waals surface area contributed by atoms with Gasteiger partial charge in [-0.1, -0.05) is 0 Å². The average Bonchev–Trinajstić information content (AvgIpc) is 2.05. The van der Waals surface area contributed by atoms with E-state index in [1.807, 2.05) is 0 Å². The normalized spacial score (nSPS) is 9.09. The van der Waals surface area contributed by atoms with Crippen LogP contribution in [0.2, 0.25) is 0 Å². The van der Waals surface area contributed by atoms with E-state index in [2.05, 4.69) is 10.2 Å². The van der Waals surface area contributed by atoms with Crippen LogP contribution in [0.1, 0.15) is 21.0 Å². The zero-order valence-corrected chi connectivity index (χ0v) is 5.39. The molecule has 1 aromatic rings. The Balaban J connectivity index is 3.00. The van der Waals surface area contributed by atoms with Crippen molar-refractivity contribution in [3.63, 3.8) is 0 Å². The second kappa shape index (κ2) is 2.87. The Kier molecular flexibility index (Phi) is 1.91. The Morgan fingerprint density at radius 1 is 1.45 bits per heavy atom. The van der Waals surface area contributed by atoms with Crippen molar-refractivity contribution in [2.75, 3.05) is 0 Å². The third-order valence-corrected chi connectivity index (χ3v) is 1.03. The first-order valence-electron chi connectivity index (χ1n) is 2.76. The molecule has 1 N–H and O–H groups in total. The highest BCUT2D eigenvalue weighted by molar-refractivity contribution is 5.85. The third-order valence-electron chi connectivity index (χ3n) is 1.03. The van der Waals surface area contributed by atoms with Crippen LogP contribution in [0.4, 0.5) is 0 Å². The zero-order chi connectivity index (χ0) is 8.27. The van der Waals surface area contributed by atoms with E-state index in [1.54, 1.807) is 0 Å². The number of carboxylic acids is 1. The summed E-state index contributed by atoms with van der Waals surface area (Å²) in [6.07, 6.45) is 0.499. The Morgan fingerprint density at radius 3 is 2.55 bits per heavy atom. The molecule has 1 aromatic heterocycles. The predicted molar refractivity (Wildman–Crippen MR) is 34.4 cm³/mol. The fraction of sp³-hybridized carbons (Fsp3) is 0. The van der Waals surface area contributed by atoms with Crippen LogP contribution in [-0.4, -0.2) is 27.6 Å². The lowest BCUT2D eigenvalue weighted by molar-refractivity contribution is 0.0688. The molecule has 0 fully saturated rings. The molecule has 5 heteroatoms. The molecule has 0 amide bonds. The molecule has 5 nitrogen and oxygen atoms in total. The summed E-state index contributed by atoms with van der Waals surface area (Å²) >= 11 is 0. The van der Waals surface area contributed by atoms with E-state index in [1.165, 1.54) is 12.1 Å². The number of aromatic carboxylic acids is 1. The summed E-state index contributed by atoms with van der Waals surface area (Å²) in [5, 5.41) is 14.9. The molecule has 56 valence electrons. The lowest BCUT2D eigenvalue weighted by Gasteiger charge is -1.89. The number of hydrogen-bond donors (Lipinski definition) is 1. The number of carbonyl (C=O) groups excluding carboxylic acids is 1. The van der Waals surface area contributed by atoms with Crippen LogP contribution >= 0.6 is 0 Å². The van der Waals surface area contributed by atoms with Gasteiger partial charge in [-0.05, 0) is 12.1 Å². The number of nitrogens with zero attached hydrogens (tertiary/aromatic N) is 2. The molecule has 1 rings (SSSR count). The first kappa shape index (κ1) is 7.33. The standard InChI is InChI=1S/C6H4N2O3/c9-3-4-1-2-5(6(10)11)8-7-4/h1-3H,(H,10,11). The molecule has 1 heterocycles. The highest BCUT2D eigenvalue weighted by atomic mass is 16.4. The van der Waals surface area contributed by atoms with Crippen LogP contribution in [0, 0.1) is 0 Å². The molecule has 0 bridgehead atoms. The fourth-order valence-electron chi connectivity index (χ4n) is 0.519. The topological polar surface area (TPSA) is 80.2 Å². The number of aldehydes is 1. The third kappa shape index (κ3) is 1.57. The van der Waals surface area contributed by atoms with Crippen LogP contribution < -0.4 is 0 Å². The van der Waals surface area contributed by atoms with Crippen LogP contribution in [0.5, 0.6) is 0 Å². The van der Waals surface area contributed by atoms with E-state index in [4.69, 9.17) is 5.11 Å². The summed E-state index contributed by atoms with van der Waals surface area (Å²) < 4.78 is 0. The van der Waals surface area contributed by atoms with Gasteiger partial charge in [0.15, 0.2) is 12.0 Å². The van der Waals surface area contributed by atoms with Crippen molar-refractivity contribution < 1.29 is 14.7 Å². The number of hydrogen-bond acceptors (Lipinski definition) is 4. The van der Waals surface area contributed by atoms with Crippen LogP contribution in [0.25, 0.3) is 0 Å². The van der Waals surface area contributed by atoms with Gasteiger partial charge in [-0.25, -0.2) is 4.79 Å². The van der Waals surface area contributed by atoms with Gasteiger partial charge < -0.3 is 5.11 Å². The molecule has 0 aliphatic heterocycles. The van der Waals surface area contributed by atoms with Gasteiger partial charge in [0.05, 0.1) is 0 Å². The van der Waals surface area contributed by atoms with Crippen LogP contribution in [-0.2, 0) is 0 Å². The van der Waals surface area contributed by atoms with Crippen molar-refractivity contribution in [2.24, 2.45) is 0 Å². The van der Waals surface area contributed by atoms with E-state index < -0.39 is 5.97 Å². The van der Waals surface area contributed by atoms with Crippen molar-refractivity contribution in [3.8, 4) is 0 Å². The first-order chi connectivity index (χ1) is 5.24. The van der Waals surface area contributed by atoms with Gasteiger partial charge >= 0.3 is 5.97 Å². The molecule has 0 aliphatic carbocycles. The average molecular weight is 152 g/mol. The molecule has 0 radical (unpaired) electrons. The molecule has 0 aliphatic rings. The smallest absolute Gasteiger partial charge is 0.356 e. The number of aromatic nitrogens is 2. The maximum Gasteiger partial charge on any atom is 0.356 e. The molecular weight excluding hydrogens is 148 g/mol. The van der Waals surface area contributed by atoms with Crippen molar-refractivity contribution in [2.45, 2.75) is 0 Å². The molecule has 0 unspecified atom stereocenters. The Labute approximate surface area is 61.7 Å². The molecule has 0 saturated carbocycles. The Hall–Kier alpha value is -1.78. The Morgan fingerprint density at radius 2 is 2.18 bits per heavy atom. The maximum absolute atomic E-state index is 10.2. The van der Waals surface area contributed by atoms with Crippen molar-refractivity contribution >= 4 is 12.3 Å². The van der Waals surface area contributed by atoms with Gasteiger partial charge in [-0.3, -0.25) is 4.79 Å². The molecule has 11 heavy (non-hydrogen) atoms. The van der Waals surface area contributed by atoms with Gasteiger partial charge in [-0.2, -0.15) is 0 Å². The number of carboxylic acid groups (broad SMARTS) is 1. The molecule has 0 saturated heterocycles. The fourth-order valence-corrected chi connectivity index (χ4v) is 0.519. The zero-order valence-electron chi connectivity index (χ0n) is 5.39.